The lowest BCUT2D eigenvalue weighted by Crippen LogP contribution is -2.20. The minimum absolute atomic E-state index is 0.606. The van der Waals surface area contributed by atoms with E-state index in [1.54, 1.807) is 0 Å². The summed E-state index contributed by atoms with van der Waals surface area (Å²) in [4.78, 5) is 4.55. The van der Waals surface area contributed by atoms with E-state index in [9.17, 15) is 0 Å². The van der Waals surface area contributed by atoms with Gasteiger partial charge < -0.3 is 9.19 Å². The molecular formula is C20H20N3OP. The van der Waals surface area contributed by atoms with Crippen LogP contribution in [0, 0.1) is 0 Å². The van der Waals surface area contributed by atoms with Gasteiger partial charge in [-0.3, -0.25) is 4.98 Å². The summed E-state index contributed by atoms with van der Waals surface area (Å²) in [6.07, 6.45) is 4.37. The minimum Gasteiger partial charge on any atom is -0.438 e. The van der Waals surface area contributed by atoms with E-state index in [1.165, 1.54) is 18.5 Å². The van der Waals surface area contributed by atoms with Crippen molar-refractivity contribution < 1.29 is 4.52 Å². The number of benzene rings is 2. The van der Waals surface area contributed by atoms with E-state index in [-0.39, 0.29) is 0 Å². The first-order valence-corrected chi connectivity index (χ1v) is 9.97. The molecule has 1 aromatic heterocycles. The normalized spacial score (nSPS) is 23.1. The highest BCUT2D eigenvalue weighted by molar-refractivity contribution is 7.52. The Balaban J connectivity index is 1.53. The smallest absolute Gasteiger partial charge is 0.279 e. The van der Waals surface area contributed by atoms with Crippen molar-refractivity contribution in [3.05, 3.63) is 66.9 Å². The monoisotopic (exact) mass is 349 g/mol. The summed E-state index contributed by atoms with van der Waals surface area (Å²) in [5.74, 6) is 0.887. The van der Waals surface area contributed by atoms with Crippen LogP contribution in [0.5, 0.6) is 5.75 Å². The summed E-state index contributed by atoms with van der Waals surface area (Å²) >= 11 is 0. The van der Waals surface area contributed by atoms with Crippen LogP contribution in [0.4, 0.5) is 5.69 Å². The van der Waals surface area contributed by atoms with Crippen LogP contribution in [0.25, 0.3) is 10.9 Å². The number of nitrogens with zero attached hydrogens (tertiary/aromatic N) is 3. The number of hydrogen-bond donors (Lipinski definition) is 0. The molecule has 2 fully saturated rings. The number of anilines is 1. The first kappa shape index (κ1) is 15.1. The quantitative estimate of drug-likeness (QED) is 0.634. The maximum absolute atomic E-state index is 6.62. The zero-order chi connectivity index (χ0) is 16.6. The first-order valence-electron chi connectivity index (χ1n) is 8.81. The third kappa shape index (κ3) is 2.66. The number of pyridine rings is 1. The summed E-state index contributed by atoms with van der Waals surface area (Å²) in [6, 6.07) is 21.5. The highest BCUT2D eigenvalue weighted by Crippen LogP contribution is 2.57. The standard InChI is InChI=1S/C20H20N3OP/c1-2-9-17(10-3-1)23-15-18-11-6-14-22(18)25(23)24-19-12-4-7-16-8-5-13-21-20(16)19/h1-5,7-10,12-13,18H,6,11,14-15H2/t18-,25+/m0/s1. The second-order valence-electron chi connectivity index (χ2n) is 6.55. The van der Waals surface area contributed by atoms with Gasteiger partial charge in [-0.15, -0.1) is 0 Å². The highest BCUT2D eigenvalue weighted by Gasteiger charge is 2.45. The number of para-hydroxylation sites is 2. The molecule has 126 valence electrons. The third-order valence-electron chi connectivity index (χ3n) is 4.99. The van der Waals surface area contributed by atoms with E-state index >= 15 is 0 Å². The number of rotatable bonds is 3. The molecule has 0 saturated carbocycles. The number of hydrogen-bond acceptors (Lipinski definition) is 4. The average Bonchev–Trinajstić information content (AvgIpc) is 3.25. The van der Waals surface area contributed by atoms with Crippen molar-refractivity contribution in [1.82, 2.24) is 9.65 Å². The lowest BCUT2D eigenvalue weighted by atomic mass is 10.2. The minimum atomic E-state index is -0.848. The fourth-order valence-electron chi connectivity index (χ4n) is 3.78. The highest BCUT2D eigenvalue weighted by atomic mass is 31.2. The van der Waals surface area contributed by atoms with Crippen LogP contribution in [0.3, 0.4) is 0 Å². The topological polar surface area (TPSA) is 28.6 Å². The maximum atomic E-state index is 6.62. The van der Waals surface area contributed by atoms with Gasteiger partial charge in [-0.1, -0.05) is 36.4 Å². The molecule has 0 spiro atoms. The Morgan fingerprint density at radius 3 is 2.80 bits per heavy atom. The van der Waals surface area contributed by atoms with Crippen LogP contribution < -0.4 is 9.19 Å². The maximum Gasteiger partial charge on any atom is 0.279 e. The van der Waals surface area contributed by atoms with E-state index in [1.807, 2.05) is 18.3 Å². The van der Waals surface area contributed by atoms with E-state index < -0.39 is 8.45 Å². The van der Waals surface area contributed by atoms with Crippen molar-refractivity contribution in [3.8, 4) is 5.75 Å². The summed E-state index contributed by atoms with van der Waals surface area (Å²) in [5.41, 5.74) is 2.19. The third-order valence-corrected chi connectivity index (χ3v) is 7.12. The molecule has 2 aliphatic heterocycles. The van der Waals surface area contributed by atoms with Crippen molar-refractivity contribution in [2.45, 2.75) is 18.9 Å². The van der Waals surface area contributed by atoms with Gasteiger partial charge in [0.05, 0.1) is 0 Å². The van der Waals surface area contributed by atoms with Gasteiger partial charge in [-0.05, 0) is 37.1 Å². The molecule has 0 radical (unpaired) electrons. The summed E-state index contributed by atoms with van der Waals surface area (Å²) in [6.45, 7) is 2.17. The number of aromatic nitrogens is 1. The molecule has 2 aromatic carbocycles. The van der Waals surface area contributed by atoms with Crippen LogP contribution in [-0.4, -0.2) is 28.8 Å². The SMILES string of the molecule is c1ccc(N2C[C@@H]3CCCN3[P@@]2Oc2cccc3cccnc23)cc1. The van der Waals surface area contributed by atoms with Gasteiger partial charge in [0.2, 0.25) is 0 Å². The fraction of sp³-hybridized carbons (Fsp3) is 0.250. The van der Waals surface area contributed by atoms with Gasteiger partial charge in [0.1, 0.15) is 5.52 Å². The molecule has 3 aromatic rings. The molecule has 3 heterocycles. The summed E-state index contributed by atoms with van der Waals surface area (Å²) in [7, 11) is -0.848. The van der Waals surface area contributed by atoms with Crippen molar-refractivity contribution in [2.24, 2.45) is 0 Å². The molecule has 0 aliphatic carbocycles. The Morgan fingerprint density at radius 2 is 1.88 bits per heavy atom. The van der Waals surface area contributed by atoms with Crippen LogP contribution >= 0.6 is 8.45 Å². The van der Waals surface area contributed by atoms with Crippen molar-refractivity contribution in [3.63, 3.8) is 0 Å². The molecule has 2 saturated heterocycles. The van der Waals surface area contributed by atoms with Gasteiger partial charge in [0.15, 0.2) is 5.75 Å². The van der Waals surface area contributed by atoms with Crippen LogP contribution in [0.2, 0.25) is 0 Å². The Bertz CT molecular complexity index is 883. The molecule has 2 atom stereocenters. The molecule has 5 heteroatoms. The van der Waals surface area contributed by atoms with E-state index in [0.29, 0.717) is 6.04 Å². The molecule has 2 aliphatic rings. The molecule has 25 heavy (non-hydrogen) atoms. The molecule has 4 nitrogen and oxygen atoms in total. The Hall–Kier alpha value is -2.16. The Labute approximate surface area is 149 Å². The van der Waals surface area contributed by atoms with Crippen LogP contribution in [0.15, 0.2) is 66.9 Å². The lowest BCUT2D eigenvalue weighted by molar-refractivity contribution is 0.433. The van der Waals surface area contributed by atoms with Crippen LogP contribution in [-0.2, 0) is 0 Å². The molecule has 0 unspecified atom stereocenters. The van der Waals surface area contributed by atoms with Gasteiger partial charge in [0.25, 0.3) is 8.45 Å². The Morgan fingerprint density at radius 1 is 1.00 bits per heavy atom. The molecule has 0 N–H and O–H groups in total. The fourth-order valence-corrected chi connectivity index (χ4v) is 6.03. The average molecular weight is 349 g/mol. The molecular weight excluding hydrogens is 329 g/mol. The zero-order valence-electron chi connectivity index (χ0n) is 14.0. The predicted molar refractivity (Wildman–Crippen MR) is 103 cm³/mol. The lowest BCUT2D eigenvalue weighted by Gasteiger charge is -2.29. The van der Waals surface area contributed by atoms with Gasteiger partial charge in [0, 0.05) is 36.4 Å². The van der Waals surface area contributed by atoms with E-state index in [4.69, 9.17) is 4.52 Å². The Kier molecular flexibility index (Phi) is 3.80. The van der Waals surface area contributed by atoms with Crippen molar-refractivity contribution in [2.75, 3.05) is 17.8 Å². The molecule has 0 bridgehead atoms. The number of fused-ring (bicyclic) bond motifs is 2. The van der Waals surface area contributed by atoms with Crippen molar-refractivity contribution in [1.29, 1.82) is 0 Å². The molecule has 0 amide bonds. The van der Waals surface area contributed by atoms with Gasteiger partial charge >= 0.3 is 0 Å². The second kappa shape index (κ2) is 6.29. The van der Waals surface area contributed by atoms with Gasteiger partial charge in [-0.2, -0.15) is 0 Å². The summed E-state index contributed by atoms with van der Waals surface area (Å²) in [5, 5.41) is 1.12. The van der Waals surface area contributed by atoms with E-state index in [2.05, 4.69) is 62.9 Å². The first-order chi connectivity index (χ1) is 12.4. The van der Waals surface area contributed by atoms with Crippen molar-refractivity contribution >= 4 is 25.0 Å². The second-order valence-corrected chi connectivity index (χ2v) is 8.24. The summed E-state index contributed by atoms with van der Waals surface area (Å²) < 4.78 is 11.6. The largest absolute Gasteiger partial charge is 0.438 e. The van der Waals surface area contributed by atoms with Crippen LogP contribution in [0.1, 0.15) is 12.8 Å². The molecule has 5 rings (SSSR count). The van der Waals surface area contributed by atoms with Gasteiger partial charge in [-0.25, -0.2) is 4.67 Å². The zero-order valence-corrected chi connectivity index (χ0v) is 14.8. The predicted octanol–water partition coefficient (Wildman–Crippen LogP) is 4.83. The van der Waals surface area contributed by atoms with E-state index in [0.717, 1.165) is 29.7 Å².